The Kier molecular flexibility index (Phi) is 7.08. The number of nitrogens with zero attached hydrogens (tertiary/aromatic N) is 1. The van der Waals surface area contributed by atoms with E-state index >= 15 is 0 Å². The maximum atomic E-state index is 13.0. The van der Waals surface area contributed by atoms with Crippen LogP contribution in [-0.2, 0) is 21.0 Å². The van der Waals surface area contributed by atoms with Crippen LogP contribution < -0.4 is 9.62 Å². The Hall–Kier alpha value is -2.26. The highest BCUT2D eigenvalue weighted by molar-refractivity contribution is 7.92. The third kappa shape index (κ3) is 5.46. The molecule has 2 rings (SSSR count). The van der Waals surface area contributed by atoms with E-state index in [-0.39, 0.29) is 22.8 Å². The van der Waals surface area contributed by atoms with Gasteiger partial charge >= 0.3 is 6.18 Å². The van der Waals surface area contributed by atoms with E-state index in [2.05, 4.69) is 5.32 Å². The largest absolute Gasteiger partial charge is 0.416 e. The summed E-state index contributed by atoms with van der Waals surface area (Å²) >= 11 is 5.95. The Bertz CT molecular complexity index is 1060. The predicted molar refractivity (Wildman–Crippen MR) is 112 cm³/mol. The second kappa shape index (κ2) is 8.85. The van der Waals surface area contributed by atoms with Crippen LogP contribution in [0.3, 0.4) is 0 Å². The molecule has 30 heavy (non-hydrogen) atoms. The Morgan fingerprint density at radius 3 is 2.27 bits per heavy atom. The number of halogens is 4. The minimum atomic E-state index is -4.62. The fraction of sp³-hybridized carbons (Fsp3) is 0.350. The lowest BCUT2D eigenvalue weighted by Gasteiger charge is -2.30. The van der Waals surface area contributed by atoms with Gasteiger partial charge in [-0.25, -0.2) is 8.42 Å². The molecule has 5 nitrogen and oxygen atoms in total. The van der Waals surface area contributed by atoms with Crippen LogP contribution in [0.1, 0.15) is 30.0 Å². The van der Waals surface area contributed by atoms with Crippen LogP contribution in [0, 0.1) is 13.8 Å². The smallest absolute Gasteiger partial charge is 0.323 e. The quantitative estimate of drug-likeness (QED) is 0.644. The summed E-state index contributed by atoms with van der Waals surface area (Å²) in [6, 6.07) is 6.31. The number of carbonyl (C=O) groups excluding carboxylic acids is 1. The van der Waals surface area contributed by atoms with Gasteiger partial charge in [0.25, 0.3) is 0 Å². The molecule has 0 saturated carbocycles. The second-order valence-corrected chi connectivity index (χ2v) is 9.20. The molecule has 164 valence electrons. The van der Waals surface area contributed by atoms with Crippen molar-refractivity contribution in [1.82, 2.24) is 0 Å². The van der Waals surface area contributed by atoms with Crippen LogP contribution in [0.4, 0.5) is 24.5 Å². The standard InChI is InChI=1S/C20H22ClF3N2O3S/c1-5-18(26(30(4,28)29)15-8-6-12(2)13(3)10-15)19(27)25-17-11-14(20(22,23)24)7-9-16(17)21/h6-11,18H,5H2,1-4H3,(H,25,27)/t18-/m1/s1. The average Bonchev–Trinajstić information content (AvgIpc) is 2.61. The molecule has 0 fully saturated rings. The summed E-state index contributed by atoms with van der Waals surface area (Å²) in [5.41, 5.74) is 0.836. The van der Waals surface area contributed by atoms with Gasteiger partial charge < -0.3 is 5.32 Å². The number of aryl methyl sites for hydroxylation is 2. The molecule has 1 N–H and O–H groups in total. The first-order chi connectivity index (χ1) is 13.8. The lowest BCUT2D eigenvalue weighted by Crippen LogP contribution is -2.47. The Morgan fingerprint density at radius 1 is 1.13 bits per heavy atom. The zero-order chi connectivity index (χ0) is 22.9. The molecule has 2 aromatic rings. The molecule has 0 aromatic heterocycles. The first-order valence-corrected chi connectivity index (χ1v) is 11.2. The maximum absolute atomic E-state index is 13.0. The van der Waals surface area contributed by atoms with E-state index in [1.165, 1.54) is 0 Å². The van der Waals surface area contributed by atoms with Gasteiger partial charge in [-0.15, -0.1) is 0 Å². The Balaban J connectivity index is 2.45. The van der Waals surface area contributed by atoms with Crippen LogP contribution >= 0.6 is 11.6 Å². The van der Waals surface area contributed by atoms with Gasteiger partial charge in [0.05, 0.1) is 28.2 Å². The van der Waals surface area contributed by atoms with Gasteiger partial charge in [0.2, 0.25) is 15.9 Å². The Morgan fingerprint density at radius 2 is 1.77 bits per heavy atom. The number of nitrogens with one attached hydrogen (secondary N) is 1. The van der Waals surface area contributed by atoms with Crippen molar-refractivity contribution >= 4 is 38.9 Å². The van der Waals surface area contributed by atoms with Crippen molar-refractivity contribution in [3.05, 3.63) is 58.1 Å². The van der Waals surface area contributed by atoms with Crippen molar-refractivity contribution in [3.8, 4) is 0 Å². The zero-order valence-electron chi connectivity index (χ0n) is 16.8. The van der Waals surface area contributed by atoms with Gasteiger partial charge in [-0.2, -0.15) is 13.2 Å². The lowest BCUT2D eigenvalue weighted by atomic mass is 10.1. The molecule has 0 radical (unpaired) electrons. The first kappa shape index (κ1) is 24.0. The van der Waals surface area contributed by atoms with E-state index in [4.69, 9.17) is 11.6 Å². The van der Waals surface area contributed by atoms with Crippen LogP contribution in [0.2, 0.25) is 5.02 Å². The molecule has 1 amide bonds. The van der Waals surface area contributed by atoms with Crippen molar-refractivity contribution in [2.75, 3.05) is 15.9 Å². The average molecular weight is 463 g/mol. The first-order valence-electron chi connectivity index (χ1n) is 9.00. The molecular formula is C20H22ClF3N2O3S. The molecule has 0 aliphatic heterocycles. The van der Waals surface area contributed by atoms with Crippen LogP contribution in [0.15, 0.2) is 36.4 Å². The fourth-order valence-corrected chi connectivity index (χ4v) is 4.30. The highest BCUT2D eigenvalue weighted by Gasteiger charge is 2.34. The summed E-state index contributed by atoms with van der Waals surface area (Å²) in [6.07, 6.45) is -3.57. The molecule has 0 aliphatic carbocycles. The summed E-state index contributed by atoms with van der Waals surface area (Å²) in [4.78, 5) is 12.9. The lowest BCUT2D eigenvalue weighted by molar-refractivity contribution is -0.137. The summed E-state index contributed by atoms with van der Waals surface area (Å²) in [5, 5.41) is 2.25. The monoisotopic (exact) mass is 462 g/mol. The third-order valence-corrected chi connectivity index (χ3v) is 6.14. The van der Waals surface area contributed by atoms with E-state index in [9.17, 15) is 26.4 Å². The summed E-state index contributed by atoms with van der Waals surface area (Å²) in [7, 11) is -3.88. The number of amides is 1. The number of alkyl halides is 3. The van der Waals surface area contributed by atoms with E-state index in [0.717, 1.165) is 33.8 Å². The molecule has 1 atom stereocenters. The van der Waals surface area contributed by atoms with Gasteiger partial charge in [0.15, 0.2) is 0 Å². The molecule has 0 bridgehead atoms. The minimum Gasteiger partial charge on any atom is -0.323 e. The van der Waals surface area contributed by atoms with Crippen molar-refractivity contribution < 1.29 is 26.4 Å². The van der Waals surface area contributed by atoms with Gasteiger partial charge in [-0.1, -0.05) is 24.6 Å². The molecule has 0 unspecified atom stereocenters. The van der Waals surface area contributed by atoms with Gasteiger partial charge in [0.1, 0.15) is 6.04 Å². The molecule has 10 heteroatoms. The van der Waals surface area contributed by atoms with Crippen molar-refractivity contribution in [2.24, 2.45) is 0 Å². The van der Waals surface area contributed by atoms with Crippen LogP contribution in [0.25, 0.3) is 0 Å². The third-order valence-electron chi connectivity index (χ3n) is 4.63. The number of hydrogen-bond donors (Lipinski definition) is 1. The molecule has 0 spiro atoms. The molecule has 2 aromatic carbocycles. The topological polar surface area (TPSA) is 66.5 Å². The minimum absolute atomic E-state index is 0.0857. The van der Waals surface area contributed by atoms with Crippen molar-refractivity contribution in [2.45, 2.75) is 39.4 Å². The number of benzene rings is 2. The number of sulfonamides is 1. The molecule has 0 aliphatic rings. The summed E-state index contributed by atoms with van der Waals surface area (Å²) in [6.45, 7) is 5.28. The van der Waals surface area contributed by atoms with Gasteiger partial charge in [-0.3, -0.25) is 9.10 Å². The van der Waals surface area contributed by atoms with E-state index < -0.39 is 33.7 Å². The van der Waals surface area contributed by atoms with Gasteiger partial charge in [-0.05, 0) is 61.7 Å². The van der Waals surface area contributed by atoms with E-state index in [1.807, 2.05) is 13.8 Å². The number of anilines is 2. The zero-order valence-corrected chi connectivity index (χ0v) is 18.4. The van der Waals surface area contributed by atoms with Crippen molar-refractivity contribution in [3.63, 3.8) is 0 Å². The fourth-order valence-electron chi connectivity index (χ4n) is 2.94. The van der Waals surface area contributed by atoms with Gasteiger partial charge in [0, 0.05) is 0 Å². The van der Waals surface area contributed by atoms with E-state index in [0.29, 0.717) is 6.07 Å². The number of rotatable bonds is 6. The molecule has 0 saturated heterocycles. The van der Waals surface area contributed by atoms with E-state index in [1.54, 1.807) is 25.1 Å². The normalized spacial score (nSPS) is 13.1. The maximum Gasteiger partial charge on any atom is 0.416 e. The SMILES string of the molecule is CC[C@H](C(=O)Nc1cc(C(F)(F)F)ccc1Cl)N(c1ccc(C)c(C)c1)S(C)(=O)=O. The van der Waals surface area contributed by atoms with Crippen LogP contribution in [0.5, 0.6) is 0 Å². The van der Waals surface area contributed by atoms with Crippen LogP contribution in [-0.4, -0.2) is 26.6 Å². The molecule has 0 heterocycles. The molecular weight excluding hydrogens is 441 g/mol. The highest BCUT2D eigenvalue weighted by Crippen LogP contribution is 2.34. The van der Waals surface area contributed by atoms with Crippen molar-refractivity contribution in [1.29, 1.82) is 0 Å². The number of hydrogen-bond acceptors (Lipinski definition) is 3. The Labute approximate surface area is 178 Å². The highest BCUT2D eigenvalue weighted by atomic mass is 35.5. The summed E-state index contributed by atoms with van der Waals surface area (Å²) < 4.78 is 65.0. The number of carbonyl (C=O) groups is 1. The predicted octanol–water partition coefficient (Wildman–Crippen LogP) is 5.16. The summed E-state index contributed by atoms with van der Waals surface area (Å²) in [5.74, 6) is -0.789. The second-order valence-electron chi connectivity index (χ2n) is 6.93.